The summed E-state index contributed by atoms with van der Waals surface area (Å²) >= 11 is 1.68. The number of aryl methyl sites for hydroxylation is 1. The maximum Gasteiger partial charge on any atom is 0.223 e. The van der Waals surface area contributed by atoms with Crippen molar-refractivity contribution in [2.45, 2.75) is 91.3 Å². The summed E-state index contributed by atoms with van der Waals surface area (Å²) in [7, 11) is 0. The van der Waals surface area contributed by atoms with E-state index in [0.717, 1.165) is 61.9 Å². The van der Waals surface area contributed by atoms with Gasteiger partial charge >= 0.3 is 0 Å². The normalized spacial score (nSPS) is 32.5. The Kier molecular flexibility index (Phi) is 8.05. The Labute approximate surface area is 202 Å². The second-order valence-electron chi connectivity index (χ2n) is 11.1. The lowest BCUT2D eigenvalue weighted by atomic mass is 9.77. The highest BCUT2D eigenvalue weighted by Gasteiger charge is 2.42. The summed E-state index contributed by atoms with van der Waals surface area (Å²) in [5.41, 5.74) is 0. The maximum atomic E-state index is 13.5. The summed E-state index contributed by atoms with van der Waals surface area (Å²) in [6, 6.07) is 0.449. The first-order valence-electron chi connectivity index (χ1n) is 12.9. The van der Waals surface area contributed by atoms with Crippen LogP contribution in [-0.2, 0) is 16.1 Å². The van der Waals surface area contributed by atoms with Gasteiger partial charge in [-0.3, -0.25) is 14.5 Å². The minimum atomic E-state index is 0.170. The molecule has 3 aliphatic heterocycles. The van der Waals surface area contributed by atoms with Crippen LogP contribution < -0.4 is 5.32 Å². The number of nitrogens with zero attached hydrogens (tertiary/aromatic N) is 4. The first kappa shape index (κ1) is 24.6. The Balaban J connectivity index is 1.47. The summed E-state index contributed by atoms with van der Waals surface area (Å²) < 4.78 is 0. The van der Waals surface area contributed by atoms with Gasteiger partial charge in [-0.25, -0.2) is 0 Å². The number of nitrogens with one attached hydrogen (secondary N) is 1. The summed E-state index contributed by atoms with van der Waals surface area (Å²) in [6.45, 7) is 12.3. The van der Waals surface area contributed by atoms with Gasteiger partial charge in [-0.1, -0.05) is 20.8 Å². The van der Waals surface area contributed by atoms with Gasteiger partial charge in [0.25, 0.3) is 0 Å². The van der Waals surface area contributed by atoms with E-state index in [9.17, 15) is 9.59 Å². The Morgan fingerprint density at radius 3 is 2.67 bits per heavy atom. The van der Waals surface area contributed by atoms with Crippen LogP contribution in [-0.4, -0.2) is 63.5 Å². The molecule has 1 aromatic heterocycles. The third-order valence-electron chi connectivity index (χ3n) is 7.84. The van der Waals surface area contributed by atoms with Crippen LogP contribution in [0.15, 0.2) is 0 Å². The molecule has 5 atom stereocenters. The van der Waals surface area contributed by atoms with Crippen LogP contribution in [0.2, 0.25) is 0 Å². The van der Waals surface area contributed by atoms with Gasteiger partial charge in [0, 0.05) is 44.6 Å². The molecule has 7 nitrogen and oxygen atoms in total. The Morgan fingerprint density at radius 1 is 1.12 bits per heavy atom. The summed E-state index contributed by atoms with van der Waals surface area (Å²) in [6.07, 6.45) is 6.07. The minimum Gasteiger partial charge on any atom is -0.353 e. The van der Waals surface area contributed by atoms with Crippen molar-refractivity contribution in [3.8, 4) is 0 Å². The second-order valence-corrected chi connectivity index (χ2v) is 12.3. The molecular weight excluding hydrogens is 434 g/mol. The van der Waals surface area contributed by atoms with E-state index in [1.807, 2.05) is 6.92 Å². The monoisotopic (exact) mass is 475 g/mol. The smallest absolute Gasteiger partial charge is 0.223 e. The zero-order valence-corrected chi connectivity index (χ0v) is 21.6. The van der Waals surface area contributed by atoms with E-state index in [1.54, 1.807) is 11.3 Å². The lowest BCUT2D eigenvalue weighted by Crippen LogP contribution is -2.59. The zero-order valence-electron chi connectivity index (χ0n) is 20.8. The molecule has 0 aromatic carbocycles. The molecule has 4 rings (SSSR count). The summed E-state index contributed by atoms with van der Waals surface area (Å²) in [4.78, 5) is 30.9. The van der Waals surface area contributed by atoms with Crippen molar-refractivity contribution in [1.82, 2.24) is 25.3 Å². The second kappa shape index (κ2) is 10.8. The van der Waals surface area contributed by atoms with E-state index in [4.69, 9.17) is 0 Å². The van der Waals surface area contributed by atoms with Crippen molar-refractivity contribution in [3.63, 3.8) is 0 Å². The van der Waals surface area contributed by atoms with E-state index in [0.29, 0.717) is 42.4 Å². The maximum absolute atomic E-state index is 13.5. The molecule has 33 heavy (non-hydrogen) atoms. The minimum absolute atomic E-state index is 0.170. The number of rotatable bonds is 3. The molecule has 0 unspecified atom stereocenters. The molecule has 0 radical (unpaired) electrons. The molecule has 3 aliphatic rings. The van der Waals surface area contributed by atoms with Gasteiger partial charge in [0.1, 0.15) is 10.0 Å². The number of amides is 2. The highest BCUT2D eigenvalue weighted by atomic mass is 32.1. The van der Waals surface area contributed by atoms with Gasteiger partial charge in [-0.2, -0.15) is 0 Å². The quantitative estimate of drug-likeness (QED) is 0.722. The van der Waals surface area contributed by atoms with Gasteiger partial charge in [0.05, 0.1) is 6.54 Å². The Bertz CT molecular complexity index is 827. The number of aromatic nitrogens is 2. The third-order valence-corrected chi connectivity index (χ3v) is 8.66. The molecule has 1 aromatic rings. The van der Waals surface area contributed by atoms with Gasteiger partial charge in [0.15, 0.2) is 0 Å². The van der Waals surface area contributed by atoms with E-state index in [-0.39, 0.29) is 18.0 Å². The van der Waals surface area contributed by atoms with Crippen LogP contribution in [0.4, 0.5) is 0 Å². The average Bonchev–Trinajstić information content (AvgIpc) is 3.16. The lowest BCUT2D eigenvalue weighted by Gasteiger charge is -2.51. The molecule has 3 fully saturated rings. The highest BCUT2D eigenvalue weighted by molar-refractivity contribution is 7.11. The van der Waals surface area contributed by atoms with Gasteiger partial charge in [0.2, 0.25) is 11.8 Å². The fourth-order valence-corrected chi connectivity index (χ4v) is 6.88. The fraction of sp³-hybridized carbons (Fsp3) is 0.840. The van der Waals surface area contributed by atoms with E-state index in [1.165, 1.54) is 6.42 Å². The van der Waals surface area contributed by atoms with Crippen molar-refractivity contribution in [3.05, 3.63) is 10.0 Å². The molecule has 3 saturated heterocycles. The molecule has 0 spiro atoms. The molecule has 1 N–H and O–H groups in total. The Morgan fingerprint density at radius 2 is 1.94 bits per heavy atom. The average molecular weight is 476 g/mol. The molecule has 0 aliphatic carbocycles. The van der Waals surface area contributed by atoms with Gasteiger partial charge in [-0.15, -0.1) is 21.5 Å². The SMILES string of the molecule is Cc1nnc(CN2C[C@@H]3C[C@@H](C2)[C@@H]2CCCC(=O)N[C@H](C(C)C)CC[C@@H](C)CC(=O)N2C3)s1. The Hall–Kier alpha value is -1.54. The largest absolute Gasteiger partial charge is 0.353 e. The lowest BCUT2D eigenvalue weighted by molar-refractivity contribution is -0.142. The molecule has 8 heteroatoms. The van der Waals surface area contributed by atoms with Crippen LogP contribution in [0, 0.1) is 30.6 Å². The van der Waals surface area contributed by atoms with Crippen LogP contribution in [0.3, 0.4) is 0 Å². The van der Waals surface area contributed by atoms with Gasteiger partial charge < -0.3 is 10.2 Å². The summed E-state index contributed by atoms with van der Waals surface area (Å²) in [5.74, 6) is 2.25. The highest BCUT2D eigenvalue weighted by Crippen LogP contribution is 2.37. The van der Waals surface area contributed by atoms with Crippen molar-refractivity contribution < 1.29 is 9.59 Å². The third kappa shape index (κ3) is 6.32. The molecular formula is C25H41N5O2S. The van der Waals surface area contributed by atoms with Crippen molar-refractivity contribution in [2.24, 2.45) is 23.7 Å². The number of hydrogen-bond acceptors (Lipinski definition) is 6. The van der Waals surface area contributed by atoms with Crippen LogP contribution >= 0.6 is 11.3 Å². The van der Waals surface area contributed by atoms with Crippen molar-refractivity contribution >= 4 is 23.2 Å². The van der Waals surface area contributed by atoms with Gasteiger partial charge in [-0.05, 0) is 62.7 Å². The van der Waals surface area contributed by atoms with Crippen molar-refractivity contribution in [2.75, 3.05) is 19.6 Å². The topological polar surface area (TPSA) is 78.4 Å². The van der Waals surface area contributed by atoms with Crippen LogP contribution in [0.25, 0.3) is 0 Å². The first-order chi connectivity index (χ1) is 15.8. The molecule has 184 valence electrons. The zero-order chi connectivity index (χ0) is 23.5. The first-order valence-corrected chi connectivity index (χ1v) is 13.7. The predicted octanol–water partition coefficient (Wildman–Crippen LogP) is 3.63. The summed E-state index contributed by atoms with van der Waals surface area (Å²) in [5, 5.41) is 13.9. The van der Waals surface area contributed by atoms with E-state index in [2.05, 4.69) is 46.1 Å². The predicted molar refractivity (Wildman–Crippen MR) is 131 cm³/mol. The molecule has 4 heterocycles. The number of carbonyl (C=O) groups is 2. The standard InChI is InChI=1S/C25H41N5O2S/c1-16(2)21-9-8-17(3)10-25(32)30-13-19-11-20(22(30)6-5-7-23(31)26-21)14-29(12-19)15-24-28-27-18(4)33-24/h16-17,19-22H,5-15H2,1-4H3,(H,26,31)/t17-,19+,20+,21+,22+/m1/s1. The fourth-order valence-electron chi connectivity index (χ4n) is 6.13. The van der Waals surface area contributed by atoms with E-state index >= 15 is 0 Å². The number of carbonyl (C=O) groups excluding carboxylic acids is 2. The van der Waals surface area contributed by atoms with Crippen molar-refractivity contribution in [1.29, 1.82) is 0 Å². The van der Waals surface area contributed by atoms with E-state index < -0.39 is 0 Å². The molecule has 2 bridgehead atoms. The molecule has 0 saturated carbocycles. The van der Waals surface area contributed by atoms with Crippen LogP contribution in [0.5, 0.6) is 0 Å². The van der Waals surface area contributed by atoms with Crippen LogP contribution in [0.1, 0.15) is 75.7 Å². The number of piperidine rings is 2. The number of likely N-dealkylation sites (tertiary alicyclic amines) is 1. The molecule has 2 amide bonds. The number of hydrogen-bond donors (Lipinski definition) is 1. The number of fused-ring (bicyclic) bond motifs is 4.